The molecule has 0 spiro atoms. The van der Waals surface area contributed by atoms with Crippen molar-refractivity contribution in [2.45, 2.75) is 6.54 Å². The second-order valence-corrected chi connectivity index (χ2v) is 5.45. The summed E-state index contributed by atoms with van der Waals surface area (Å²) in [5.74, 6) is 0.610. The number of rotatable bonds is 5. The molecule has 22 heavy (non-hydrogen) atoms. The van der Waals surface area contributed by atoms with E-state index in [0.29, 0.717) is 23.0 Å². The fraction of sp³-hybridized carbons (Fsp3) is 0.200. The molecular weight excluding hydrogens is 306 g/mol. The standard InChI is InChI=1S/C15H16ClN3O3/c1-18(2)9-10-7-11(16)12(17)8-15(10)22-14-6-4-3-5-13(14)19(20)21/h3-8H,9,17H2,1-2H3. The predicted molar refractivity (Wildman–Crippen MR) is 86.4 cm³/mol. The van der Waals surface area contributed by atoms with Gasteiger partial charge in [-0.1, -0.05) is 23.7 Å². The number of nitro benzene ring substituents is 1. The molecule has 0 atom stereocenters. The maximum absolute atomic E-state index is 11.1. The minimum absolute atomic E-state index is 0.105. The Morgan fingerprint density at radius 3 is 2.59 bits per heavy atom. The Kier molecular flexibility index (Phi) is 4.85. The molecule has 0 unspecified atom stereocenters. The number of hydrogen-bond acceptors (Lipinski definition) is 5. The summed E-state index contributed by atoms with van der Waals surface area (Å²) < 4.78 is 5.73. The molecule has 0 aromatic heterocycles. The van der Waals surface area contributed by atoms with Crippen LogP contribution in [0, 0.1) is 10.1 Å². The molecule has 2 rings (SSSR count). The van der Waals surface area contributed by atoms with Crippen molar-refractivity contribution >= 4 is 23.0 Å². The van der Waals surface area contributed by atoms with E-state index in [1.807, 2.05) is 19.0 Å². The molecule has 116 valence electrons. The normalized spacial score (nSPS) is 10.7. The molecule has 2 N–H and O–H groups in total. The summed E-state index contributed by atoms with van der Waals surface area (Å²) in [4.78, 5) is 12.5. The van der Waals surface area contributed by atoms with Gasteiger partial charge in [0.1, 0.15) is 5.75 Å². The molecular formula is C15H16ClN3O3. The molecule has 2 aromatic carbocycles. The van der Waals surface area contributed by atoms with Gasteiger partial charge < -0.3 is 15.4 Å². The van der Waals surface area contributed by atoms with E-state index in [2.05, 4.69) is 0 Å². The number of halogens is 1. The zero-order valence-corrected chi connectivity index (χ0v) is 13.0. The van der Waals surface area contributed by atoms with E-state index in [1.165, 1.54) is 6.07 Å². The van der Waals surface area contributed by atoms with Gasteiger partial charge in [-0.15, -0.1) is 0 Å². The molecule has 0 aliphatic rings. The Balaban J connectivity index is 2.45. The van der Waals surface area contributed by atoms with Crippen LogP contribution in [0.15, 0.2) is 36.4 Å². The van der Waals surface area contributed by atoms with Crippen molar-refractivity contribution in [3.05, 3.63) is 57.1 Å². The first-order valence-electron chi connectivity index (χ1n) is 6.52. The topological polar surface area (TPSA) is 81.6 Å². The van der Waals surface area contributed by atoms with Gasteiger partial charge in [0.2, 0.25) is 5.75 Å². The summed E-state index contributed by atoms with van der Waals surface area (Å²) in [6.07, 6.45) is 0. The van der Waals surface area contributed by atoms with Gasteiger partial charge in [0.05, 0.1) is 15.6 Å². The zero-order valence-electron chi connectivity index (χ0n) is 12.2. The lowest BCUT2D eigenvalue weighted by atomic mass is 10.1. The average molecular weight is 322 g/mol. The molecule has 0 radical (unpaired) electrons. The van der Waals surface area contributed by atoms with Gasteiger partial charge in [0.25, 0.3) is 0 Å². The Bertz CT molecular complexity index is 704. The molecule has 0 saturated carbocycles. The van der Waals surface area contributed by atoms with Crippen LogP contribution >= 0.6 is 11.6 Å². The molecule has 6 nitrogen and oxygen atoms in total. The third-order valence-corrected chi connectivity index (χ3v) is 3.28. The maximum atomic E-state index is 11.1. The number of nitrogens with two attached hydrogens (primary N) is 1. The molecule has 2 aromatic rings. The quantitative estimate of drug-likeness (QED) is 0.516. The minimum atomic E-state index is -0.486. The van der Waals surface area contributed by atoms with E-state index in [4.69, 9.17) is 22.1 Å². The highest BCUT2D eigenvalue weighted by atomic mass is 35.5. The highest BCUT2D eigenvalue weighted by Gasteiger charge is 2.17. The van der Waals surface area contributed by atoms with Crippen LogP contribution in [-0.4, -0.2) is 23.9 Å². The molecule has 0 bridgehead atoms. The van der Waals surface area contributed by atoms with Crippen molar-refractivity contribution in [1.82, 2.24) is 4.90 Å². The van der Waals surface area contributed by atoms with Crippen molar-refractivity contribution in [2.75, 3.05) is 19.8 Å². The molecule has 0 amide bonds. The first kappa shape index (κ1) is 16.1. The van der Waals surface area contributed by atoms with E-state index >= 15 is 0 Å². The van der Waals surface area contributed by atoms with Crippen molar-refractivity contribution in [3.8, 4) is 11.5 Å². The van der Waals surface area contributed by atoms with Crippen LogP contribution in [-0.2, 0) is 6.54 Å². The Morgan fingerprint density at radius 2 is 1.95 bits per heavy atom. The lowest BCUT2D eigenvalue weighted by Crippen LogP contribution is -2.12. The van der Waals surface area contributed by atoms with Gasteiger partial charge in [-0.3, -0.25) is 10.1 Å². The summed E-state index contributed by atoms with van der Waals surface area (Å²) in [7, 11) is 3.80. The largest absolute Gasteiger partial charge is 0.450 e. The number of nitrogen functional groups attached to an aromatic ring is 1. The monoisotopic (exact) mass is 321 g/mol. The van der Waals surface area contributed by atoms with Gasteiger partial charge in [0.15, 0.2) is 0 Å². The average Bonchev–Trinajstić information content (AvgIpc) is 2.44. The smallest absolute Gasteiger partial charge is 0.311 e. The van der Waals surface area contributed by atoms with Crippen molar-refractivity contribution in [1.29, 1.82) is 0 Å². The van der Waals surface area contributed by atoms with Gasteiger partial charge in [-0.05, 0) is 26.2 Å². The number of nitro groups is 1. The zero-order chi connectivity index (χ0) is 16.3. The summed E-state index contributed by atoms with van der Waals surface area (Å²) in [6, 6.07) is 9.48. The molecule has 7 heteroatoms. The number of ether oxygens (including phenoxy) is 1. The van der Waals surface area contributed by atoms with Crippen LogP contribution in [0.1, 0.15) is 5.56 Å². The van der Waals surface area contributed by atoms with Crippen LogP contribution < -0.4 is 10.5 Å². The van der Waals surface area contributed by atoms with Crippen molar-refractivity contribution in [3.63, 3.8) is 0 Å². The molecule has 0 heterocycles. The van der Waals surface area contributed by atoms with Crippen LogP contribution in [0.5, 0.6) is 11.5 Å². The van der Waals surface area contributed by atoms with Crippen LogP contribution in [0.2, 0.25) is 5.02 Å². The van der Waals surface area contributed by atoms with Crippen LogP contribution in [0.3, 0.4) is 0 Å². The number of nitrogens with zero attached hydrogens (tertiary/aromatic N) is 2. The summed E-state index contributed by atoms with van der Waals surface area (Å²) in [5, 5.41) is 11.5. The molecule has 0 aliphatic carbocycles. The van der Waals surface area contributed by atoms with Gasteiger partial charge in [0, 0.05) is 24.2 Å². The van der Waals surface area contributed by atoms with E-state index in [1.54, 1.807) is 30.3 Å². The molecule has 0 saturated heterocycles. The maximum Gasteiger partial charge on any atom is 0.311 e. The third-order valence-electron chi connectivity index (χ3n) is 2.95. The second kappa shape index (κ2) is 6.64. The fourth-order valence-corrected chi connectivity index (χ4v) is 2.17. The number of para-hydroxylation sites is 2. The highest BCUT2D eigenvalue weighted by Crippen LogP contribution is 2.36. The minimum Gasteiger partial charge on any atom is -0.450 e. The first-order valence-corrected chi connectivity index (χ1v) is 6.90. The van der Waals surface area contributed by atoms with E-state index in [9.17, 15) is 10.1 Å². The van der Waals surface area contributed by atoms with Crippen molar-refractivity contribution in [2.24, 2.45) is 0 Å². The highest BCUT2D eigenvalue weighted by molar-refractivity contribution is 6.33. The van der Waals surface area contributed by atoms with E-state index in [-0.39, 0.29) is 11.4 Å². The van der Waals surface area contributed by atoms with E-state index in [0.717, 1.165) is 5.56 Å². The number of benzene rings is 2. The fourth-order valence-electron chi connectivity index (χ4n) is 1.98. The number of anilines is 1. The Morgan fingerprint density at radius 1 is 1.27 bits per heavy atom. The van der Waals surface area contributed by atoms with Crippen molar-refractivity contribution < 1.29 is 9.66 Å². The summed E-state index contributed by atoms with van der Waals surface area (Å²) in [6.45, 7) is 0.565. The lowest BCUT2D eigenvalue weighted by molar-refractivity contribution is -0.385. The lowest BCUT2D eigenvalue weighted by Gasteiger charge is -2.16. The van der Waals surface area contributed by atoms with Gasteiger partial charge in [-0.2, -0.15) is 0 Å². The summed E-state index contributed by atoms with van der Waals surface area (Å²) in [5.41, 5.74) is 6.86. The summed E-state index contributed by atoms with van der Waals surface area (Å²) >= 11 is 6.05. The Labute approximate surface area is 133 Å². The van der Waals surface area contributed by atoms with Gasteiger partial charge in [-0.25, -0.2) is 0 Å². The van der Waals surface area contributed by atoms with Gasteiger partial charge >= 0.3 is 5.69 Å². The van der Waals surface area contributed by atoms with E-state index < -0.39 is 4.92 Å². The first-order chi connectivity index (χ1) is 10.4. The van der Waals surface area contributed by atoms with Crippen LogP contribution in [0.25, 0.3) is 0 Å². The predicted octanol–water partition coefficient (Wildman–Crippen LogP) is 3.68. The second-order valence-electron chi connectivity index (χ2n) is 5.05. The molecule has 0 aliphatic heterocycles. The SMILES string of the molecule is CN(C)Cc1cc(Cl)c(N)cc1Oc1ccccc1[N+](=O)[O-]. The Hall–Kier alpha value is -2.31. The van der Waals surface area contributed by atoms with Crippen LogP contribution in [0.4, 0.5) is 11.4 Å². The number of hydrogen-bond donors (Lipinski definition) is 1. The molecule has 0 fully saturated rings. The third kappa shape index (κ3) is 3.66.